The number of aromatic nitrogens is 10. The van der Waals surface area contributed by atoms with Gasteiger partial charge in [-0.3, -0.25) is 9.59 Å². The van der Waals surface area contributed by atoms with Crippen molar-refractivity contribution < 1.29 is 0 Å². The maximum atomic E-state index is 12.4. The van der Waals surface area contributed by atoms with Gasteiger partial charge in [0.05, 0.1) is 80.1 Å². The summed E-state index contributed by atoms with van der Waals surface area (Å²) in [6.07, 6.45) is 11.1. The first-order valence-electron chi connectivity index (χ1n) is 36.7. The Bertz CT molecular complexity index is 6660. The Labute approximate surface area is 665 Å². The lowest BCUT2D eigenvalue weighted by Crippen LogP contribution is -2.11. The average Bonchev–Trinajstić information content (AvgIpc) is 0.776. The zero-order valence-corrected chi connectivity index (χ0v) is 65.2. The van der Waals surface area contributed by atoms with Crippen LogP contribution in [0, 0.1) is 86.9 Å². The molecule has 22 nitrogen and oxygen atoms in total. The van der Waals surface area contributed by atoms with Crippen molar-refractivity contribution in [3.05, 3.63) is 307 Å². The van der Waals surface area contributed by atoms with Crippen LogP contribution >= 0.6 is 0 Å². The van der Waals surface area contributed by atoms with Gasteiger partial charge in [0.15, 0.2) is 10.9 Å². The fraction of sp³-hybridized carbons (Fsp3) is 0.118. The van der Waals surface area contributed by atoms with E-state index in [1.807, 2.05) is 215 Å². The highest BCUT2D eigenvalue weighted by molar-refractivity contribution is 5.95. The second kappa shape index (κ2) is 33.6. The van der Waals surface area contributed by atoms with Crippen LogP contribution in [0.3, 0.4) is 0 Å². The van der Waals surface area contributed by atoms with Crippen LogP contribution in [0.25, 0.3) is 124 Å². The first-order chi connectivity index (χ1) is 55.5. The van der Waals surface area contributed by atoms with Crippen molar-refractivity contribution in [2.24, 2.45) is 0 Å². The molecule has 10 aromatic heterocycles. The van der Waals surface area contributed by atoms with Gasteiger partial charge < -0.3 is 41.5 Å². The number of nitriles is 4. The predicted molar refractivity (Wildman–Crippen MR) is 462 cm³/mol. The number of H-pyrrole nitrogens is 2. The number of hydrogen-bond donors (Lipinski definition) is 7. The summed E-state index contributed by atoms with van der Waals surface area (Å²) in [4.78, 5) is 70.3. The fourth-order valence-corrected chi connectivity index (χ4v) is 13.5. The highest BCUT2D eigenvalue weighted by atomic mass is 16.1. The summed E-state index contributed by atoms with van der Waals surface area (Å²) in [7, 11) is 9.44. The van der Waals surface area contributed by atoms with Crippen molar-refractivity contribution in [1.29, 1.82) is 21.0 Å². The van der Waals surface area contributed by atoms with Gasteiger partial charge in [0, 0.05) is 150 Å². The Morgan fingerprint density at radius 2 is 0.800 bits per heavy atom. The Morgan fingerprint density at radius 1 is 0.383 bits per heavy atom. The Balaban J connectivity index is 0.000000134. The first-order valence-corrected chi connectivity index (χ1v) is 36.7. The standard InChI is InChI=1S/C25H23N5.C23H19N5O.C23H19N5.C22H17N5O/c1-15-6-8-18(11-21(15)14-26)24-22(12-19-9-7-16(2)28-25(19)29-24)20-10-17(3)27-23(13-20)30(4)5;1-13-9-16(10-21(25-3)27-13)18-11-19-20(29)7-8-26-23(19)28-22(18)17-6-4-5-15(12-24)14(17)2;1-14-7-8-18-11-20(19-9-15(2)26-21(12-19)25-3)22(28-23(18)27-14)17-6-4-5-16(10-17)13-24;1-13-8-16(10-20(24-2)26-13)17-11-18-19(28)6-7-25-22(18)27-21(17)15-5-3-4-14(9-15)12-23/h6-13H,2H2,1,3-5H3,(H,28,29);4-11H,1-3H3,(H,25,27)(H,26,28,29);4-12H,1H2,2-3H3,(H,25,26)(H,27,28);3-11H,1-2H3,(H,24,26)(H,25,27,28). The van der Waals surface area contributed by atoms with E-state index in [1.54, 1.807) is 36.7 Å². The normalized spacial score (nSPS) is 11.4. The number of rotatable bonds is 12. The quantitative estimate of drug-likeness (QED) is 0.0597. The smallest absolute Gasteiger partial charge is 0.191 e. The number of anilines is 6. The Hall–Kier alpha value is -15.8. The van der Waals surface area contributed by atoms with Crippen molar-refractivity contribution in [3.63, 3.8) is 0 Å². The molecule has 0 amide bonds. The third kappa shape index (κ3) is 17.0. The molecule has 7 N–H and O–H groups in total. The monoisotopic (exact) mass is 1510 g/mol. The van der Waals surface area contributed by atoms with Crippen LogP contribution < -0.4 is 42.3 Å². The first kappa shape index (κ1) is 77.4. The Morgan fingerprint density at radius 3 is 1.25 bits per heavy atom. The number of allylic oxidation sites excluding steroid dienone is 2. The number of nitrogens with zero attached hydrogens (tertiary/aromatic N) is 13. The van der Waals surface area contributed by atoms with Gasteiger partial charge in [0.2, 0.25) is 0 Å². The minimum Gasteiger partial charge on any atom is -0.373 e. The van der Waals surface area contributed by atoms with Gasteiger partial charge in [-0.05, 0) is 208 Å². The second-order valence-electron chi connectivity index (χ2n) is 27.6. The molecule has 115 heavy (non-hydrogen) atoms. The molecule has 2 aliphatic rings. The molecule has 0 bridgehead atoms. The zero-order chi connectivity index (χ0) is 81.3. The zero-order valence-electron chi connectivity index (χ0n) is 65.2. The largest absolute Gasteiger partial charge is 0.373 e. The van der Waals surface area contributed by atoms with Crippen LogP contribution in [0.4, 0.5) is 34.9 Å². The van der Waals surface area contributed by atoms with E-state index in [9.17, 15) is 30.6 Å². The summed E-state index contributed by atoms with van der Waals surface area (Å²) in [6, 6.07) is 62.0. The molecule has 0 unspecified atom stereocenters. The highest BCUT2D eigenvalue weighted by Crippen LogP contribution is 2.42. The molecular formula is C93H78N20O2. The van der Waals surface area contributed by atoms with Gasteiger partial charge in [-0.2, -0.15) is 21.0 Å². The van der Waals surface area contributed by atoms with Crippen molar-refractivity contribution in [3.8, 4) is 114 Å². The van der Waals surface area contributed by atoms with Crippen LogP contribution in [-0.2, 0) is 0 Å². The number of fused-ring (bicyclic) bond motifs is 4. The highest BCUT2D eigenvalue weighted by Gasteiger charge is 2.23. The number of benzene rings is 4. The fourth-order valence-electron chi connectivity index (χ4n) is 13.5. The van der Waals surface area contributed by atoms with Crippen LogP contribution in [-0.4, -0.2) is 85.1 Å². The van der Waals surface area contributed by atoms with E-state index >= 15 is 0 Å². The summed E-state index contributed by atoms with van der Waals surface area (Å²) in [5.41, 5.74) is 26.1. The van der Waals surface area contributed by atoms with Gasteiger partial charge in [0.25, 0.3) is 0 Å². The molecular weight excluding hydrogens is 1430 g/mol. The van der Waals surface area contributed by atoms with Gasteiger partial charge in [-0.25, -0.2) is 39.9 Å². The van der Waals surface area contributed by atoms with E-state index in [2.05, 4.69) is 118 Å². The Kier molecular flexibility index (Phi) is 22.6. The van der Waals surface area contributed by atoms with Crippen LogP contribution in [0.15, 0.2) is 229 Å². The van der Waals surface area contributed by atoms with E-state index in [0.29, 0.717) is 55.7 Å². The van der Waals surface area contributed by atoms with Crippen LogP contribution in [0.5, 0.6) is 0 Å². The molecule has 0 spiro atoms. The van der Waals surface area contributed by atoms with E-state index in [4.69, 9.17) is 19.9 Å². The molecule has 0 fully saturated rings. The summed E-state index contributed by atoms with van der Waals surface area (Å²) in [5.74, 6) is 4.67. The topological polar surface area (TPSA) is 327 Å². The average molecular weight is 1510 g/mol. The number of aryl methyl sites for hydroxylation is 5. The third-order valence-corrected chi connectivity index (χ3v) is 19.2. The summed E-state index contributed by atoms with van der Waals surface area (Å²) in [6.45, 7) is 19.6. The van der Waals surface area contributed by atoms with E-state index in [0.717, 1.165) is 169 Å². The predicted octanol–water partition coefficient (Wildman–Crippen LogP) is 18.4. The minimum absolute atomic E-state index is 0.0961. The van der Waals surface area contributed by atoms with Gasteiger partial charge in [0.1, 0.15) is 46.2 Å². The molecule has 16 rings (SSSR count). The lowest BCUT2D eigenvalue weighted by molar-refractivity contribution is 1.05. The molecule has 22 heteroatoms. The SMILES string of the molecule is C=C1C=Cc2cc(-c3cc(C)nc(N(C)C)c3)c(-c3ccc(C)c(C#N)c3)nc2N1.C=C1C=Cc2cc(-c3cc(C)nc(NC)c3)c(-c3cccc(C#N)c3)nc2N1.CNc1cc(-c2cc3c(=O)cc[nH]c3nc2-c2cccc(C#N)c2)cc(C)n1.CNc1cc(-c2cc3c(=O)cc[nH]c3nc2-c2cccc(C#N)c2C)cc(C)n1. The molecule has 4 aromatic carbocycles. The number of hydrogen-bond acceptors (Lipinski definition) is 20. The molecule has 14 aromatic rings. The van der Waals surface area contributed by atoms with E-state index in [1.165, 1.54) is 12.1 Å². The number of pyridine rings is 10. The molecule has 562 valence electrons. The van der Waals surface area contributed by atoms with Gasteiger partial charge >= 0.3 is 0 Å². The summed E-state index contributed by atoms with van der Waals surface area (Å²) < 4.78 is 0. The van der Waals surface area contributed by atoms with E-state index < -0.39 is 0 Å². The second-order valence-corrected chi connectivity index (χ2v) is 27.6. The number of nitrogens with one attached hydrogen (secondary N) is 7. The molecule has 0 saturated carbocycles. The molecule has 12 heterocycles. The van der Waals surface area contributed by atoms with Crippen LogP contribution in [0.1, 0.15) is 67.3 Å². The molecule has 0 aliphatic carbocycles. The van der Waals surface area contributed by atoms with Crippen molar-refractivity contribution in [2.45, 2.75) is 41.5 Å². The summed E-state index contributed by atoms with van der Waals surface area (Å²) in [5, 5.41) is 54.3. The van der Waals surface area contributed by atoms with Crippen molar-refractivity contribution in [1.82, 2.24) is 49.8 Å². The minimum atomic E-state index is -0.0977. The molecule has 0 saturated heterocycles. The maximum absolute atomic E-state index is 12.4. The lowest BCUT2D eigenvalue weighted by atomic mass is 9.93. The number of aromatic amines is 2. The summed E-state index contributed by atoms with van der Waals surface area (Å²) >= 11 is 0. The molecule has 0 radical (unpaired) electrons. The van der Waals surface area contributed by atoms with Crippen molar-refractivity contribution in [2.75, 3.05) is 66.7 Å². The maximum Gasteiger partial charge on any atom is 0.191 e. The van der Waals surface area contributed by atoms with E-state index in [-0.39, 0.29) is 10.9 Å². The third-order valence-electron chi connectivity index (χ3n) is 19.2. The van der Waals surface area contributed by atoms with Gasteiger partial charge in [-0.15, -0.1) is 0 Å². The van der Waals surface area contributed by atoms with Crippen molar-refractivity contribution >= 4 is 69.1 Å². The lowest BCUT2D eigenvalue weighted by Gasteiger charge is -2.20. The van der Waals surface area contributed by atoms with Gasteiger partial charge in [-0.1, -0.05) is 61.7 Å². The molecule has 0 atom stereocenters. The van der Waals surface area contributed by atoms with Crippen LogP contribution in [0.2, 0.25) is 0 Å². The molecule has 2 aliphatic heterocycles.